The molecule has 2 amide bonds. The van der Waals surface area contributed by atoms with Crippen LogP contribution in [0.2, 0.25) is 5.02 Å². The molecule has 0 aliphatic heterocycles. The highest BCUT2D eigenvalue weighted by Crippen LogP contribution is 2.25. The molecule has 0 saturated heterocycles. The average molecular weight is 315 g/mol. The summed E-state index contributed by atoms with van der Waals surface area (Å²) in [6.07, 6.45) is 1.69. The van der Waals surface area contributed by atoms with Crippen molar-refractivity contribution >= 4 is 23.6 Å². The second-order valence-corrected chi connectivity index (χ2v) is 5.53. The van der Waals surface area contributed by atoms with E-state index in [0.29, 0.717) is 24.8 Å². The maximum atomic E-state index is 13.0. The Morgan fingerprint density at radius 3 is 2.76 bits per heavy atom. The van der Waals surface area contributed by atoms with E-state index >= 15 is 0 Å². The number of carbonyl (C=O) groups is 2. The summed E-state index contributed by atoms with van der Waals surface area (Å²) in [7, 11) is 0. The molecule has 1 aliphatic rings. The van der Waals surface area contributed by atoms with Gasteiger partial charge in [0.15, 0.2) is 0 Å². The molecule has 2 atom stereocenters. The Hall–Kier alpha value is -1.82. The Morgan fingerprint density at radius 2 is 2.14 bits per heavy atom. The first-order chi connectivity index (χ1) is 9.95. The Morgan fingerprint density at radius 1 is 1.38 bits per heavy atom. The van der Waals surface area contributed by atoms with E-state index in [1.165, 1.54) is 18.2 Å². The van der Waals surface area contributed by atoms with Crippen molar-refractivity contribution in [2.45, 2.75) is 31.8 Å². The van der Waals surface area contributed by atoms with Crippen molar-refractivity contribution in [3.8, 4) is 0 Å². The van der Waals surface area contributed by atoms with Crippen LogP contribution in [0, 0.1) is 11.7 Å². The third-order valence-electron chi connectivity index (χ3n) is 3.55. The molecule has 0 bridgehead atoms. The molecule has 3 N–H and O–H groups in total. The van der Waals surface area contributed by atoms with Gasteiger partial charge in [-0.1, -0.05) is 17.7 Å². The minimum absolute atomic E-state index is 0.00908. The molecule has 7 heteroatoms. The fourth-order valence-electron chi connectivity index (χ4n) is 2.41. The van der Waals surface area contributed by atoms with Crippen LogP contribution in [-0.4, -0.2) is 23.1 Å². The molecular weight excluding hydrogens is 299 g/mol. The number of halogens is 2. The Bertz CT molecular complexity index is 553. The van der Waals surface area contributed by atoms with Crippen molar-refractivity contribution < 1.29 is 19.1 Å². The van der Waals surface area contributed by atoms with Crippen LogP contribution in [0.4, 0.5) is 9.18 Å². The van der Waals surface area contributed by atoms with Crippen LogP contribution in [0.15, 0.2) is 18.2 Å². The molecule has 1 aliphatic carbocycles. The van der Waals surface area contributed by atoms with Gasteiger partial charge in [0.25, 0.3) is 0 Å². The van der Waals surface area contributed by atoms with Gasteiger partial charge in [-0.05, 0) is 37.0 Å². The SMILES string of the molecule is O=C(NCc1ccc(F)c(Cl)c1)NC1CCC(C(=O)O)C1. The van der Waals surface area contributed by atoms with Gasteiger partial charge in [0.1, 0.15) is 5.82 Å². The predicted molar refractivity (Wildman–Crippen MR) is 75.5 cm³/mol. The second-order valence-electron chi connectivity index (χ2n) is 5.12. The van der Waals surface area contributed by atoms with E-state index in [2.05, 4.69) is 10.6 Å². The standard InChI is InChI=1S/C14H16ClFN2O3/c15-11-5-8(1-4-12(11)16)7-17-14(21)18-10-3-2-9(6-10)13(19)20/h1,4-5,9-10H,2-3,6-7H2,(H,19,20)(H2,17,18,21). The molecule has 1 aromatic rings. The van der Waals surface area contributed by atoms with E-state index in [-0.39, 0.29) is 29.6 Å². The summed E-state index contributed by atoms with van der Waals surface area (Å²) in [5, 5.41) is 14.3. The highest BCUT2D eigenvalue weighted by molar-refractivity contribution is 6.30. The number of hydrogen-bond acceptors (Lipinski definition) is 2. The van der Waals surface area contributed by atoms with E-state index in [9.17, 15) is 14.0 Å². The van der Waals surface area contributed by atoms with Gasteiger partial charge in [0.05, 0.1) is 10.9 Å². The van der Waals surface area contributed by atoms with Crippen LogP contribution in [0.25, 0.3) is 0 Å². The fraction of sp³-hybridized carbons (Fsp3) is 0.429. The molecule has 114 valence electrons. The van der Waals surface area contributed by atoms with E-state index in [4.69, 9.17) is 16.7 Å². The van der Waals surface area contributed by atoms with Gasteiger partial charge in [-0.15, -0.1) is 0 Å². The fourth-order valence-corrected chi connectivity index (χ4v) is 2.61. The summed E-state index contributed by atoms with van der Waals surface area (Å²) in [4.78, 5) is 22.6. The minimum atomic E-state index is -0.819. The lowest BCUT2D eigenvalue weighted by Crippen LogP contribution is -2.40. The van der Waals surface area contributed by atoms with Crippen LogP contribution in [-0.2, 0) is 11.3 Å². The highest BCUT2D eigenvalue weighted by Gasteiger charge is 2.30. The summed E-state index contributed by atoms with van der Waals surface area (Å²) >= 11 is 5.65. The number of hydrogen-bond donors (Lipinski definition) is 3. The van der Waals surface area contributed by atoms with Crippen LogP contribution >= 0.6 is 11.6 Å². The van der Waals surface area contributed by atoms with Crippen molar-refractivity contribution in [2.24, 2.45) is 5.92 Å². The Kier molecular flexibility index (Phi) is 5.01. The zero-order valence-corrected chi connectivity index (χ0v) is 12.0. The smallest absolute Gasteiger partial charge is 0.315 e. The van der Waals surface area contributed by atoms with Crippen LogP contribution in [0.3, 0.4) is 0 Å². The summed E-state index contributed by atoms with van der Waals surface area (Å²) in [5.41, 5.74) is 0.686. The number of carboxylic acid groups (broad SMARTS) is 1. The number of rotatable bonds is 4. The largest absolute Gasteiger partial charge is 0.481 e. The molecule has 0 heterocycles. The Labute approximate surface area is 126 Å². The van der Waals surface area contributed by atoms with Crippen molar-refractivity contribution in [1.82, 2.24) is 10.6 Å². The molecule has 2 rings (SSSR count). The lowest BCUT2D eigenvalue weighted by atomic mass is 10.1. The molecule has 2 unspecified atom stereocenters. The van der Waals surface area contributed by atoms with Crippen molar-refractivity contribution in [2.75, 3.05) is 0 Å². The number of urea groups is 1. The summed E-state index contributed by atoms with van der Waals surface area (Å²) in [6.45, 7) is 0.223. The minimum Gasteiger partial charge on any atom is -0.481 e. The third-order valence-corrected chi connectivity index (χ3v) is 3.84. The van der Waals surface area contributed by atoms with Gasteiger partial charge < -0.3 is 15.7 Å². The van der Waals surface area contributed by atoms with Gasteiger partial charge in [-0.25, -0.2) is 9.18 Å². The number of benzene rings is 1. The van der Waals surface area contributed by atoms with Crippen LogP contribution < -0.4 is 10.6 Å². The maximum absolute atomic E-state index is 13.0. The number of amides is 2. The van der Waals surface area contributed by atoms with E-state index in [1.807, 2.05) is 0 Å². The molecule has 0 spiro atoms. The summed E-state index contributed by atoms with van der Waals surface area (Å²) in [5.74, 6) is -1.71. The first-order valence-electron chi connectivity index (χ1n) is 6.67. The lowest BCUT2D eigenvalue weighted by Gasteiger charge is -2.13. The van der Waals surface area contributed by atoms with Gasteiger partial charge in [0, 0.05) is 12.6 Å². The topological polar surface area (TPSA) is 78.4 Å². The monoisotopic (exact) mass is 314 g/mol. The third kappa shape index (κ3) is 4.32. The molecule has 1 aromatic carbocycles. The van der Waals surface area contributed by atoms with E-state index in [0.717, 1.165) is 0 Å². The molecule has 0 radical (unpaired) electrons. The summed E-state index contributed by atoms with van der Waals surface area (Å²) < 4.78 is 13.0. The number of carbonyl (C=O) groups excluding carboxylic acids is 1. The van der Waals surface area contributed by atoms with Crippen molar-refractivity contribution in [1.29, 1.82) is 0 Å². The maximum Gasteiger partial charge on any atom is 0.315 e. The van der Waals surface area contributed by atoms with Crippen LogP contribution in [0.1, 0.15) is 24.8 Å². The zero-order chi connectivity index (χ0) is 15.4. The van der Waals surface area contributed by atoms with Crippen molar-refractivity contribution in [3.63, 3.8) is 0 Å². The van der Waals surface area contributed by atoms with E-state index in [1.54, 1.807) is 0 Å². The quantitative estimate of drug-likeness (QED) is 0.799. The van der Waals surface area contributed by atoms with Crippen LogP contribution in [0.5, 0.6) is 0 Å². The first-order valence-corrected chi connectivity index (χ1v) is 7.04. The van der Waals surface area contributed by atoms with Crippen molar-refractivity contribution in [3.05, 3.63) is 34.6 Å². The second kappa shape index (κ2) is 6.76. The van der Waals surface area contributed by atoms with E-state index < -0.39 is 11.8 Å². The molecule has 1 saturated carbocycles. The zero-order valence-electron chi connectivity index (χ0n) is 11.2. The first kappa shape index (κ1) is 15.6. The highest BCUT2D eigenvalue weighted by atomic mass is 35.5. The van der Waals surface area contributed by atoms with Gasteiger partial charge in [-0.2, -0.15) is 0 Å². The number of nitrogens with one attached hydrogen (secondary N) is 2. The van der Waals surface area contributed by atoms with Gasteiger partial charge >= 0.3 is 12.0 Å². The number of carboxylic acids is 1. The molecule has 1 fully saturated rings. The molecule has 5 nitrogen and oxygen atoms in total. The summed E-state index contributed by atoms with van der Waals surface area (Å²) in [6, 6.07) is 3.74. The lowest BCUT2D eigenvalue weighted by molar-refractivity contribution is -0.141. The molecule has 0 aromatic heterocycles. The van der Waals surface area contributed by atoms with Gasteiger partial charge in [-0.3, -0.25) is 4.79 Å². The molecule has 21 heavy (non-hydrogen) atoms. The number of aliphatic carboxylic acids is 1. The predicted octanol–water partition coefficient (Wildman–Crippen LogP) is 2.53. The van der Waals surface area contributed by atoms with Gasteiger partial charge in [0.2, 0.25) is 0 Å². The Balaban J connectivity index is 1.77. The molecular formula is C14H16ClFN2O3. The normalized spacial score (nSPS) is 21.0. The average Bonchev–Trinajstić information content (AvgIpc) is 2.89.